The number of nitrogens with zero attached hydrogens (tertiary/aromatic N) is 7. The molecule has 178 valence electrons. The molecule has 2 aromatic rings. The van der Waals surface area contributed by atoms with Crippen molar-refractivity contribution >= 4 is 23.4 Å². The number of carbonyl (C=O) groups is 2. The van der Waals surface area contributed by atoms with Crippen LogP contribution in [0.5, 0.6) is 0 Å². The number of carbonyl (C=O) groups excluding carboxylic acids is 2. The van der Waals surface area contributed by atoms with Crippen LogP contribution in [0.4, 0.5) is 0 Å². The lowest BCUT2D eigenvalue weighted by Crippen LogP contribution is -2.54. The smallest absolute Gasteiger partial charge is 0.249 e. The molecule has 1 aromatic heterocycles. The lowest BCUT2D eigenvalue weighted by atomic mass is 10.0. The van der Waals surface area contributed by atoms with Gasteiger partial charge in [-0.25, -0.2) is 0 Å². The lowest BCUT2D eigenvalue weighted by Gasteiger charge is -2.38. The van der Waals surface area contributed by atoms with E-state index in [2.05, 4.69) is 27.2 Å². The lowest BCUT2D eigenvalue weighted by molar-refractivity contribution is -0.139. The average Bonchev–Trinajstić information content (AvgIpc) is 3.30. The number of likely N-dealkylation sites (tertiary alicyclic amines) is 1. The van der Waals surface area contributed by atoms with Gasteiger partial charge in [-0.1, -0.05) is 18.5 Å². The Hall–Kier alpha value is -2.52. The Kier molecular flexibility index (Phi) is 7.60. The summed E-state index contributed by atoms with van der Waals surface area (Å²) in [7, 11) is 0. The molecule has 4 rings (SSSR count). The SMILES string of the molecule is CCC(C(=O)N1CCN(CC(=O)N2CCCCC2C)CC1)n1nnc(-c2ccc(Cl)cc2)n1. The van der Waals surface area contributed by atoms with E-state index in [1.54, 1.807) is 12.1 Å². The van der Waals surface area contributed by atoms with Crippen molar-refractivity contribution in [3.63, 3.8) is 0 Å². The molecule has 2 aliphatic heterocycles. The van der Waals surface area contributed by atoms with E-state index in [1.165, 1.54) is 11.2 Å². The number of piperidine rings is 1. The summed E-state index contributed by atoms with van der Waals surface area (Å²) in [5, 5.41) is 13.4. The minimum atomic E-state index is -0.499. The molecule has 2 aliphatic rings. The van der Waals surface area contributed by atoms with Crippen LogP contribution in [0.1, 0.15) is 45.6 Å². The number of aromatic nitrogens is 4. The van der Waals surface area contributed by atoms with E-state index in [0.29, 0.717) is 56.0 Å². The van der Waals surface area contributed by atoms with Crippen LogP contribution in [0.3, 0.4) is 0 Å². The molecular weight excluding hydrogens is 442 g/mol. The molecule has 2 atom stereocenters. The summed E-state index contributed by atoms with van der Waals surface area (Å²) in [4.78, 5) is 33.4. The van der Waals surface area contributed by atoms with Crippen LogP contribution in [-0.2, 0) is 9.59 Å². The van der Waals surface area contributed by atoms with Crippen LogP contribution in [0, 0.1) is 0 Å². The number of piperazine rings is 1. The van der Waals surface area contributed by atoms with Gasteiger partial charge in [0.2, 0.25) is 17.6 Å². The van der Waals surface area contributed by atoms with Gasteiger partial charge in [-0.15, -0.1) is 10.2 Å². The summed E-state index contributed by atoms with van der Waals surface area (Å²) < 4.78 is 0. The molecule has 2 amide bonds. The number of hydrogen-bond acceptors (Lipinski definition) is 6. The molecule has 0 aliphatic carbocycles. The Morgan fingerprint density at radius 1 is 1.09 bits per heavy atom. The van der Waals surface area contributed by atoms with E-state index in [-0.39, 0.29) is 11.8 Å². The molecule has 2 fully saturated rings. The van der Waals surface area contributed by atoms with Gasteiger partial charge in [-0.3, -0.25) is 14.5 Å². The first-order valence-corrected chi connectivity index (χ1v) is 12.2. The fourth-order valence-electron chi connectivity index (χ4n) is 4.60. The number of amides is 2. The fourth-order valence-corrected chi connectivity index (χ4v) is 4.72. The molecule has 2 unspecified atom stereocenters. The summed E-state index contributed by atoms with van der Waals surface area (Å²) in [5.74, 6) is 0.663. The minimum absolute atomic E-state index is 0.00631. The Bertz CT molecular complexity index is 956. The van der Waals surface area contributed by atoms with Crippen molar-refractivity contribution in [2.24, 2.45) is 0 Å². The molecule has 3 heterocycles. The topological polar surface area (TPSA) is 87.5 Å². The Labute approximate surface area is 199 Å². The van der Waals surface area contributed by atoms with E-state index < -0.39 is 6.04 Å². The van der Waals surface area contributed by atoms with Crippen LogP contribution < -0.4 is 0 Å². The van der Waals surface area contributed by atoms with E-state index in [9.17, 15) is 9.59 Å². The van der Waals surface area contributed by atoms with Gasteiger partial charge in [-0.2, -0.15) is 4.80 Å². The molecule has 0 spiro atoms. The standard InChI is InChI=1S/C23H32ClN7O2/c1-3-20(31-26-22(25-27-31)18-7-9-19(24)10-8-18)23(33)29-14-12-28(13-15-29)16-21(32)30-11-5-4-6-17(30)2/h7-10,17,20H,3-6,11-16H2,1-2H3. The predicted molar refractivity (Wildman–Crippen MR) is 126 cm³/mol. The highest BCUT2D eigenvalue weighted by Gasteiger charge is 2.31. The van der Waals surface area contributed by atoms with Gasteiger partial charge in [0.25, 0.3) is 0 Å². The van der Waals surface area contributed by atoms with Gasteiger partial charge >= 0.3 is 0 Å². The third-order valence-corrected chi connectivity index (χ3v) is 6.90. The van der Waals surface area contributed by atoms with Crippen molar-refractivity contribution in [2.45, 2.75) is 51.6 Å². The minimum Gasteiger partial charge on any atom is -0.339 e. The number of halogens is 1. The van der Waals surface area contributed by atoms with Gasteiger partial charge in [0.1, 0.15) is 0 Å². The van der Waals surface area contributed by atoms with Gasteiger partial charge in [0.05, 0.1) is 6.54 Å². The summed E-state index contributed by atoms with van der Waals surface area (Å²) in [5.41, 5.74) is 0.800. The van der Waals surface area contributed by atoms with Crippen molar-refractivity contribution in [2.75, 3.05) is 39.3 Å². The maximum absolute atomic E-state index is 13.2. The molecule has 0 bridgehead atoms. The summed E-state index contributed by atoms with van der Waals surface area (Å²) >= 11 is 5.95. The fraction of sp³-hybridized carbons (Fsp3) is 0.609. The highest BCUT2D eigenvalue weighted by molar-refractivity contribution is 6.30. The van der Waals surface area contributed by atoms with Crippen molar-refractivity contribution in [3.8, 4) is 11.4 Å². The molecule has 33 heavy (non-hydrogen) atoms. The molecule has 9 nitrogen and oxygen atoms in total. The van der Waals surface area contributed by atoms with E-state index in [0.717, 1.165) is 24.9 Å². The van der Waals surface area contributed by atoms with Crippen molar-refractivity contribution in [1.29, 1.82) is 0 Å². The second-order valence-corrected chi connectivity index (χ2v) is 9.33. The first kappa shape index (κ1) is 23.6. The number of hydrogen-bond donors (Lipinski definition) is 0. The molecule has 1 aromatic carbocycles. The van der Waals surface area contributed by atoms with Crippen molar-refractivity contribution in [1.82, 2.24) is 34.9 Å². The molecule has 0 N–H and O–H groups in total. The highest BCUT2D eigenvalue weighted by atomic mass is 35.5. The van der Waals surface area contributed by atoms with Crippen LogP contribution in [-0.4, -0.2) is 92.0 Å². The first-order valence-electron chi connectivity index (χ1n) is 11.8. The maximum Gasteiger partial charge on any atom is 0.249 e. The number of rotatable bonds is 6. The van der Waals surface area contributed by atoms with E-state index in [4.69, 9.17) is 11.6 Å². The largest absolute Gasteiger partial charge is 0.339 e. The first-order chi connectivity index (χ1) is 16.0. The number of tetrazole rings is 1. The zero-order chi connectivity index (χ0) is 23.4. The van der Waals surface area contributed by atoms with E-state index >= 15 is 0 Å². The summed E-state index contributed by atoms with van der Waals surface area (Å²) in [6.07, 6.45) is 3.95. The van der Waals surface area contributed by atoms with Gasteiger partial charge < -0.3 is 9.80 Å². The molecular formula is C23H32ClN7O2. The van der Waals surface area contributed by atoms with Crippen LogP contribution in [0.25, 0.3) is 11.4 Å². The van der Waals surface area contributed by atoms with Crippen molar-refractivity contribution in [3.05, 3.63) is 29.3 Å². The molecule has 2 saturated heterocycles. The highest BCUT2D eigenvalue weighted by Crippen LogP contribution is 2.20. The van der Waals surface area contributed by atoms with Gasteiger partial charge in [0.15, 0.2) is 6.04 Å². The monoisotopic (exact) mass is 473 g/mol. The Balaban J connectivity index is 1.33. The normalized spacial score (nSPS) is 20.6. The van der Waals surface area contributed by atoms with Crippen LogP contribution in [0.2, 0.25) is 5.02 Å². The van der Waals surface area contributed by atoms with Crippen LogP contribution >= 0.6 is 11.6 Å². The molecule has 10 heteroatoms. The third kappa shape index (κ3) is 5.52. The van der Waals surface area contributed by atoms with Crippen LogP contribution in [0.15, 0.2) is 24.3 Å². The average molecular weight is 474 g/mol. The molecule has 0 saturated carbocycles. The van der Waals surface area contributed by atoms with E-state index in [1.807, 2.05) is 28.9 Å². The third-order valence-electron chi connectivity index (χ3n) is 6.65. The predicted octanol–water partition coefficient (Wildman–Crippen LogP) is 2.49. The zero-order valence-electron chi connectivity index (χ0n) is 19.4. The zero-order valence-corrected chi connectivity index (χ0v) is 20.1. The Morgan fingerprint density at radius 2 is 1.82 bits per heavy atom. The molecule has 0 radical (unpaired) electrons. The second-order valence-electron chi connectivity index (χ2n) is 8.90. The summed E-state index contributed by atoms with van der Waals surface area (Å²) in [6.45, 7) is 7.94. The maximum atomic E-state index is 13.2. The summed E-state index contributed by atoms with van der Waals surface area (Å²) in [6, 6.07) is 7.04. The second kappa shape index (κ2) is 10.6. The van der Waals surface area contributed by atoms with Gasteiger partial charge in [-0.05, 0) is 62.1 Å². The Morgan fingerprint density at radius 3 is 2.48 bits per heavy atom. The van der Waals surface area contributed by atoms with Gasteiger partial charge in [0, 0.05) is 49.4 Å². The number of benzene rings is 1. The van der Waals surface area contributed by atoms with Crippen molar-refractivity contribution < 1.29 is 9.59 Å². The quantitative estimate of drug-likeness (QED) is 0.640.